The first-order chi connectivity index (χ1) is 3.30. The zero-order valence-electron chi connectivity index (χ0n) is 3.99. The summed E-state index contributed by atoms with van der Waals surface area (Å²) in [5, 5.41) is 0. The number of hydrogen-bond donors (Lipinski definition) is 1. The highest BCUT2D eigenvalue weighted by molar-refractivity contribution is 5.75. The highest BCUT2D eigenvalue weighted by atomic mass is 19.2. The van der Waals surface area contributed by atoms with Crippen LogP contribution in [0.25, 0.3) is 0 Å². The molecule has 41 valence electrons. The molecule has 0 fully saturated rings. The second-order valence-electron chi connectivity index (χ2n) is 1.14. The van der Waals surface area contributed by atoms with E-state index in [-0.39, 0.29) is 8.41 Å². The number of rotatable bonds is 0. The van der Waals surface area contributed by atoms with E-state index >= 15 is 0 Å². The molecule has 1 rings (SSSR count). The summed E-state index contributed by atoms with van der Waals surface area (Å²) in [6.07, 6.45) is 1.20. The Bertz CT molecular complexity index is 146. The average molecular weight is 114 g/mol. The summed E-state index contributed by atoms with van der Waals surface area (Å²) < 4.78 is 23.3. The number of hydrogen-bond acceptors (Lipinski definition) is 0. The lowest BCUT2D eigenvalue weighted by Gasteiger charge is -1.72. The predicted octanol–water partition coefficient (Wildman–Crippen LogP) is 0.912. The van der Waals surface area contributed by atoms with Crippen LogP contribution in [-0.2, 0) is 0 Å². The fourth-order valence-corrected chi connectivity index (χ4v) is 0.330. The summed E-state index contributed by atoms with van der Waals surface area (Å²) in [5.74, 6) is -1.74. The summed E-state index contributed by atoms with van der Waals surface area (Å²) in [6.45, 7) is 0. The van der Waals surface area contributed by atoms with Gasteiger partial charge in [0.25, 0.3) is 0 Å². The van der Waals surface area contributed by atoms with Crippen molar-refractivity contribution in [3.8, 4) is 0 Å². The van der Waals surface area contributed by atoms with Gasteiger partial charge in [-0.3, -0.25) is 0 Å². The SMILES string of the molecule is Fc1cc[nH]c1F.[B]. The Morgan fingerprint density at radius 2 is 2.00 bits per heavy atom. The molecule has 1 nitrogen and oxygen atoms in total. The first kappa shape index (κ1) is 7.20. The summed E-state index contributed by atoms with van der Waals surface area (Å²) in [4.78, 5) is 2.03. The molecule has 1 heterocycles. The van der Waals surface area contributed by atoms with Gasteiger partial charge < -0.3 is 4.98 Å². The maximum atomic E-state index is 11.7. The van der Waals surface area contributed by atoms with Gasteiger partial charge in [-0.1, -0.05) is 0 Å². The van der Waals surface area contributed by atoms with Crippen molar-refractivity contribution in [1.82, 2.24) is 4.98 Å². The van der Waals surface area contributed by atoms with Crippen LogP contribution in [0.15, 0.2) is 12.3 Å². The van der Waals surface area contributed by atoms with Crippen LogP contribution in [0.3, 0.4) is 0 Å². The lowest BCUT2D eigenvalue weighted by Crippen LogP contribution is -1.72. The first-order valence-electron chi connectivity index (χ1n) is 1.79. The van der Waals surface area contributed by atoms with Gasteiger partial charge in [-0.2, -0.15) is 4.39 Å². The molecule has 0 unspecified atom stereocenters. The molecular weight excluding hydrogens is 111 g/mol. The molecule has 1 N–H and O–H groups in total. The Labute approximate surface area is 47.3 Å². The number of aromatic nitrogens is 1. The maximum absolute atomic E-state index is 11.7. The summed E-state index contributed by atoms with van der Waals surface area (Å²) in [6, 6.07) is 1.02. The third-order valence-corrected chi connectivity index (χ3v) is 0.649. The summed E-state index contributed by atoms with van der Waals surface area (Å²) in [7, 11) is 0. The van der Waals surface area contributed by atoms with Crippen molar-refractivity contribution in [3.05, 3.63) is 24.0 Å². The van der Waals surface area contributed by atoms with Crippen molar-refractivity contribution in [1.29, 1.82) is 0 Å². The minimum Gasteiger partial charge on any atom is -0.336 e. The van der Waals surface area contributed by atoms with Gasteiger partial charge in [-0.05, 0) is 6.07 Å². The molecule has 0 amide bonds. The molecule has 0 saturated heterocycles. The van der Waals surface area contributed by atoms with Gasteiger partial charge in [0.05, 0.1) is 0 Å². The van der Waals surface area contributed by atoms with E-state index in [1.54, 1.807) is 0 Å². The smallest absolute Gasteiger partial charge is 0.227 e. The Morgan fingerprint density at radius 3 is 2.12 bits per heavy atom. The minimum absolute atomic E-state index is 0. The van der Waals surface area contributed by atoms with E-state index in [0.717, 1.165) is 6.07 Å². The van der Waals surface area contributed by atoms with E-state index < -0.39 is 11.8 Å². The highest BCUT2D eigenvalue weighted by Gasteiger charge is 1.96. The Morgan fingerprint density at radius 1 is 1.38 bits per heavy atom. The fraction of sp³-hybridized carbons (Fsp3) is 0. The monoisotopic (exact) mass is 114 g/mol. The zero-order chi connectivity index (χ0) is 5.28. The topological polar surface area (TPSA) is 15.8 Å². The van der Waals surface area contributed by atoms with Gasteiger partial charge >= 0.3 is 0 Å². The number of aromatic amines is 1. The van der Waals surface area contributed by atoms with Crippen molar-refractivity contribution in [2.75, 3.05) is 0 Å². The number of H-pyrrole nitrogens is 1. The molecule has 0 aliphatic heterocycles. The Hall–Kier alpha value is -0.795. The first-order valence-corrected chi connectivity index (χ1v) is 1.79. The maximum Gasteiger partial charge on any atom is 0.227 e. The van der Waals surface area contributed by atoms with Crippen LogP contribution < -0.4 is 0 Å². The van der Waals surface area contributed by atoms with Gasteiger partial charge in [0.1, 0.15) is 0 Å². The van der Waals surface area contributed by atoms with Gasteiger partial charge in [0, 0.05) is 14.6 Å². The van der Waals surface area contributed by atoms with E-state index in [4.69, 9.17) is 0 Å². The van der Waals surface area contributed by atoms with Crippen molar-refractivity contribution < 1.29 is 8.78 Å². The highest BCUT2D eigenvalue weighted by Crippen LogP contribution is 1.98. The number of nitrogens with one attached hydrogen (secondary N) is 1. The lowest BCUT2D eigenvalue weighted by atomic mass is 10.6. The van der Waals surface area contributed by atoms with Crippen molar-refractivity contribution in [2.24, 2.45) is 0 Å². The molecule has 0 atom stereocenters. The van der Waals surface area contributed by atoms with Crippen LogP contribution in [0, 0.1) is 11.8 Å². The largest absolute Gasteiger partial charge is 0.336 e. The average Bonchev–Trinajstić information content (AvgIpc) is 1.91. The van der Waals surface area contributed by atoms with E-state index in [9.17, 15) is 8.78 Å². The predicted molar refractivity (Wildman–Crippen MR) is 26.5 cm³/mol. The Kier molecular flexibility index (Phi) is 2.25. The molecular formula is C4H3BF2N. The second-order valence-corrected chi connectivity index (χ2v) is 1.14. The van der Waals surface area contributed by atoms with Gasteiger partial charge in [0.15, 0.2) is 5.82 Å². The van der Waals surface area contributed by atoms with Crippen molar-refractivity contribution in [2.45, 2.75) is 0 Å². The summed E-state index contributed by atoms with van der Waals surface area (Å²) >= 11 is 0. The molecule has 1 aromatic rings. The molecule has 0 spiro atoms. The van der Waals surface area contributed by atoms with Gasteiger partial charge in [-0.15, -0.1) is 0 Å². The van der Waals surface area contributed by atoms with E-state index in [1.807, 2.05) is 4.98 Å². The van der Waals surface area contributed by atoms with Gasteiger partial charge in [-0.25, -0.2) is 4.39 Å². The lowest BCUT2D eigenvalue weighted by molar-refractivity contribution is 0.493. The molecule has 3 radical (unpaired) electrons. The molecule has 1 aromatic heterocycles. The Balaban J connectivity index is 0.000000490. The number of halogens is 2. The van der Waals surface area contributed by atoms with Crippen molar-refractivity contribution >= 4 is 8.41 Å². The third kappa shape index (κ3) is 1.09. The fourth-order valence-electron chi connectivity index (χ4n) is 0.330. The molecule has 0 aliphatic carbocycles. The second kappa shape index (κ2) is 2.50. The van der Waals surface area contributed by atoms with Crippen LogP contribution in [0.5, 0.6) is 0 Å². The van der Waals surface area contributed by atoms with Crippen LogP contribution >= 0.6 is 0 Å². The molecule has 8 heavy (non-hydrogen) atoms. The van der Waals surface area contributed by atoms with E-state index in [1.165, 1.54) is 6.20 Å². The third-order valence-electron chi connectivity index (χ3n) is 0.649. The quantitative estimate of drug-likeness (QED) is 0.482. The molecule has 0 aromatic carbocycles. The minimum atomic E-state index is -0.903. The van der Waals surface area contributed by atoms with Crippen LogP contribution in [0.2, 0.25) is 0 Å². The van der Waals surface area contributed by atoms with E-state index in [2.05, 4.69) is 0 Å². The molecule has 4 heteroatoms. The van der Waals surface area contributed by atoms with Crippen LogP contribution in [-0.4, -0.2) is 13.4 Å². The van der Waals surface area contributed by atoms with Crippen LogP contribution in [0.1, 0.15) is 0 Å². The van der Waals surface area contributed by atoms with Gasteiger partial charge in [0.2, 0.25) is 5.95 Å². The molecule has 0 saturated carbocycles. The van der Waals surface area contributed by atoms with Crippen molar-refractivity contribution in [3.63, 3.8) is 0 Å². The molecule has 0 bridgehead atoms. The molecule has 0 aliphatic rings. The standard InChI is InChI=1S/C4H3F2N.B/c5-3-1-2-7-4(3)6;/h1-2,7H;. The van der Waals surface area contributed by atoms with E-state index in [0.29, 0.717) is 0 Å². The van der Waals surface area contributed by atoms with Crippen LogP contribution in [0.4, 0.5) is 8.78 Å². The zero-order valence-corrected chi connectivity index (χ0v) is 3.99. The normalized spacial score (nSPS) is 8.25. The summed E-state index contributed by atoms with van der Waals surface area (Å²) in [5.41, 5.74) is 0.